The van der Waals surface area contributed by atoms with Gasteiger partial charge in [0.2, 0.25) is 0 Å². The molecule has 1 atom stereocenters. The van der Waals surface area contributed by atoms with Crippen molar-refractivity contribution in [3.05, 3.63) is 96.4 Å². The van der Waals surface area contributed by atoms with Gasteiger partial charge in [0.25, 0.3) is 5.91 Å². The van der Waals surface area contributed by atoms with Crippen molar-refractivity contribution in [3.63, 3.8) is 0 Å². The van der Waals surface area contributed by atoms with Crippen LogP contribution in [0.25, 0.3) is 16.9 Å². The first kappa shape index (κ1) is 18.3. The molecule has 0 fully saturated rings. The number of anilines is 1. The molecule has 0 saturated heterocycles. The molecule has 148 valence electrons. The number of aromatic nitrogens is 3. The Bertz CT molecular complexity index is 1180. The molecule has 0 N–H and O–H groups in total. The van der Waals surface area contributed by atoms with Gasteiger partial charge in [-0.15, -0.1) is 0 Å². The molecule has 0 bridgehead atoms. The molecule has 0 radical (unpaired) electrons. The fourth-order valence-electron chi connectivity index (χ4n) is 4.09. The van der Waals surface area contributed by atoms with Crippen LogP contribution in [0.5, 0.6) is 0 Å². The number of nitrogens with zero attached hydrogens (tertiary/aromatic N) is 4. The monoisotopic (exact) mass is 394 g/mol. The maximum Gasteiger partial charge on any atom is 0.262 e. The van der Waals surface area contributed by atoms with Gasteiger partial charge >= 0.3 is 0 Å². The lowest BCUT2D eigenvalue weighted by atomic mass is 9.95. The fourth-order valence-corrected chi connectivity index (χ4v) is 4.09. The molecule has 1 amide bonds. The number of para-hydroxylation sites is 2. The van der Waals surface area contributed by atoms with E-state index in [1.165, 1.54) is 5.56 Å². The molecule has 30 heavy (non-hydrogen) atoms. The molecular formula is C25H22N4O. The van der Waals surface area contributed by atoms with Gasteiger partial charge in [0.15, 0.2) is 0 Å². The van der Waals surface area contributed by atoms with Gasteiger partial charge in [0.1, 0.15) is 5.69 Å². The van der Waals surface area contributed by atoms with E-state index in [0.29, 0.717) is 11.3 Å². The van der Waals surface area contributed by atoms with Crippen LogP contribution in [-0.4, -0.2) is 26.7 Å². The van der Waals surface area contributed by atoms with E-state index in [-0.39, 0.29) is 11.9 Å². The van der Waals surface area contributed by atoms with Crippen molar-refractivity contribution in [1.29, 1.82) is 0 Å². The number of pyridine rings is 1. The van der Waals surface area contributed by atoms with Crippen LogP contribution in [0, 0.1) is 0 Å². The van der Waals surface area contributed by atoms with E-state index in [4.69, 9.17) is 5.10 Å². The number of aryl methyl sites for hydroxylation is 1. The number of amides is 1. The average molecular weight is 394 g/mol. The zero-order chi connectivity index (χ0) is 20.5. The van der Waals surface area contributed by atoms with Crippen molar-refractivity contribution < 1.29 is 4.79 Å². The summed E-state index contributed by atoms with van der Waals surface area (Å²) in [7, 11) is 0. The molecule has 5 heteroatoms. The standard InChI is InChI=1S/C25H22N4O/c1-18-13-14-19-8-5-6-12-23(19)29(18)25(30)22-17-28(21-10-3-2-4-11-21)27-24(22)20-9-7-15-26-16-20/h2-12,15-18H,13-14H2,1H3. The minimum atomic E-state index is -0.0318. The third kappa shape index (κ3) is 3.18. The van der Waals surface area contributed by atoms with Gasteiger partial charge in [-0.3, -0.25) is 9.78 Å². The second kappa shape index (κ2) is 7.59. The summed E-state index contributed by atoms with van der Waals surface area (Å²) in [6, 6.07) is 21.9. The van der Waals surface area contributed by atoms with Crippen LogP contribution >= 0.6 is 0 Å². The van der Waals surface area contributed by atoms with Crippen molar-refractivity contribution >= 4 is 11.6 Å². The number of fused-ring (bicyclic) bond motifs is 1. The zero-order valence-corrected chi connectivity index (χ0v) is 16.8. The Morgan fingerprint density at radius 1 is 1.00 bits per heavy atom. The van der Waals surface area contributed by atoms with E-state index < -0.39 is 0 Å². The highest BCUT2D eigenvalue weighted by atomic mass is 16.2. The average Bonchev–Trinajstić information content (AvgIpc) is 3.25. The molecule has 1 aliphatic rings. The van der Waals surface area contributed by atoms with E-state index in [9.17, 15) is 4.79 Å². The molecule has 2 aromatic heterocycles. The van der Waals surface area contributed by atoms with Gasteiger partial charge in [0, 0.05) is 35.9 Å². The van der Waals surface area contributed by atoms with Gasteiger partial charge < -0.3 is 4.90 Å². The number of carbonyl (C=O) groups excluding carboxylic acids is 1. The van der Waals surface area contributed by atoms with Gasteiger partial charge in [-0.1, -0.05) is 36.4 Å². The summed E-state index contributed by atoms with van der Waals surface area (Å²) in [6.45, 7) is 2.11. The minimum absolute atomic E-state index is 0.0318. The van der Waals surface area contributed by atoms with Crippen LogP contribution in [-0.2, 0) is 6.42 Å². The Kier molecular flexibility index (Phi) is 4.64. The molecule has 2 aromatic carbocycles. The third-order valence-corrected chi connectivity index (χ3v) is 5.64. The topological polar surface area (TPSA) is 51.0 Å². The molecule has 5 rings (SSSR count). The van der Waals surface area contributed by atoms with Crippen molar-refractivity contribution in [3.8, 4) is 16.9 Å². The van der Waals surface area contributed by atoms with E-state index in [2.05, 4.69) is 18.0 Å². The zero-order valence-electron chi connectivity index (χ0n) is 16.8. The first-order valence-electron chi connectivity index (χ1n) is 10.2. The lowest BCUT2D eigenvalue weighted by Crippen LogP contribution is -2.42. The highest BCUT2D eigenvalue weighted by Gasteiger charge is 2.31. The van der Waals surface area contributed by atoms with Gasteiger partial charge in [-0.25, -0.2) is 4.68 Å². The number of hydrogen-bond acceptors (Lipinski definition) is 3. The lowest BCUT2D eigenvalue weighted by Gasteiger charge is -2.35. The van der Waals surface area contributed by atoms with Crippen LogP contribution in [0.15, 0.2) is 85.3 Å². The molecule has 0 aliphatic carbocycles. The van der Waals surface area contributed by atoms with Crippen molar-refractivity contribution in [1.82, 2.24) is 14.8 Å². The lowest BCUT2D eigenvalue weighted by molar-refractivity contribution is 0.0976. The maximum absolute atomic E-state index is 13.9. The summed E-state index contributed by atoms with van der Waals surface area (Å²) in [6.07, 6.45) is 7.24. The quantitative estimate of drug-likeness (QED) is 0.496. The van der Waals surface area contributed by atoms with Crippen LogP contribution in [0.1, 0.15) is 29.3 Å². The molecular weight excluding hydrogens is 372 g/mol. The van der Waals surface area contributed by atoms with E-state index in [1.54, 1.807) is 17.1 Å². The number of rotatable bonds is 3. The molecule has 4 aromatic rings. The van der Waals surface area contributed by atoms with E-state index in [1.807, 2.05) is 71.8 Å². The number of carbonyl (C=O) groups is 1. The first-order chi connectivity index (χ1) is 14.7. The molecule has 1 unspecified atom stereocenters. The third-order valence-electron chi connectivity index (χ3n) is 5.64. The Hall–Kier alpha value is -3.73. The van der Waals surface area contributed by atoms with Gasteiger partial charge in [-0.2, -0.15) is 5.10 Å². The van der Waals surface area contributed by atoms with Gasteiger partial charge in [0.05, 0.1) is 11.3 Å². The predicted molar refractivity (Wildman–Crippen MR) is 118 cm³/mol. The SMILES string of the molecule is CC1CCc2ccccc2N1C(=O)c1cn(-c2ccccc2)nc1-c1cccnc1. The van der Waals surface area contributed by atoms with E-state index >= 15 is 0 Å². The first-order valence-corrected chi connectivity index (χ1v) is 10.2. The highest BCUT2D eigenvalue weighted by molar-refractivity contribution is 6.10. The van der Waals surface area contributed by atoms with Crippen LogP contribution in [0.3, 0.4) is 0 Å². The summed E-state index contributed by atoms with van der Waals surface area (Å²) in [5.41, 5.74) is 5.16. The van der Waals surface area contributed by atoms with Gasteiger partial charge in [-0.05, 0) is 55.7 Å². The maximum atomic E-state index is 13.9. The number of hydrogen-bond donors (Lipinski definition) is 0. The molecule has 3 heterocycles. The summed E-state index contributed by atoms with van der Waals surface area (Å²) >= 11 is 0. The van der Waals surface area contributed by atoms with Crippen LogP contribution in [0.2, 0.25) is 0 Å². The Balaban J connectivity index is 1.65. The minimum Gasteiger partial charge on any atom is -0.305 e. The highest BCUT2D eigenvalue weighted by Crippen LogP contribution is 2.33. The normalized spacial score (nSPS) is 15.6. The van der Waals surface area contributed by atoms with Crippen molar-refractivity contribution in [2.75, 3.05) is 4.90 Å². The Labute approximate surface area is 175 Å². The van der Waals surface area contributed by atoms with Crippen molar-refractivity contribution in [2.24, 2.45) is 0 Å². The van der Waals surface area contributed by atoms with Crippen LogP contribution < -0.4 is 4.90 Å². The fraction of sp³-hybridized carbons (Fsp3) is 0.160. The molecule has 0 spiro atoms. The smallest absolute Gasteiger partial charge is 0.262 e. The second-order valence-corrected chi connectivity index (χ2v) is 7.60. The Morgan fingerprint density at radius 3 is 2.60 bits per heavy atom. The molecule has 1 aliphatic heterocycles. The van der Waals surface area contributed by atoms with Crippen molar-refractivity contribution in [2.45, 2.75) is 25.8 Å². The Morgan fingerprint density at radius 2 is 1.80 bits per heavy atom. The predicted octanol–water partition coefficient (Wildman–Crippen LogP) is 4.92. The summed E-state index contributed by atoms with van der Waals surface area (Å²) < 4.78 is 1.77. The summed E-state index contributed by atoms with van der Waals surface area (Å²) in [4.78, 5) is 20.0. The molecule has 5 nitrogen and oxygen atoms in total. The van der Waals surface area contributed by atoms with Crippen LogP contribution in [0.4, 0.5) is 5.69 Å². The van der Waals surface area contributed by atoms with E-state index in [0.717, 1.165) is 29.8 Å². The largest absolute Gasteiger partial charge is 0.305 e. The molecule has 0 saturated carbocycles. The second-order valence-electron chi connectivity index (χ2n) is 7.60. The summed E-state index contributed by atoms with van der Waals surface area (Å²) in [5, 5.41) is 4.78. The number of benzene rings is 2. The summed E-state index contributed by atoms with van der Waals surface area (Å²) in [5.74, 6) is -0.0318.